The van der Waals surface area contributed by atoms with Crippen LogP contribution in [0.5, 0.6) is 0 Å². The van der Waals surface area contributed by atoms with Crippen LogP contribution in [0, 0.1) is 5.82 Å². The van der Waals surface area contributed by atoms with Crippen LogP contribution >= 0.6 is 0 Å². The van der Waals surface area contributed by atoms with Gasteiger partial charge < -0.3 is 10.2 Å². The molecule has 1 aromatic heterocycles. The molecule has 24 heavy (non-hydrogen) atoms. The molecule has 0 radical (unpaired) electrons. The quantitative estimate of drug-likeness (QED) is 0.882. The second kappa shape index (κ2) is 7.90. The van der Waals surface area contributed by atoms with E-state index in [9.17, 15) is 9.18 Å². The fourth-order valence-corrected chi connectivity index (χ4v) is 2.84. The van der Waals surface area contributed by atoms with Gasteiger partial charge in [0.15, 0.2) is 0 Å². The zero-order valence-electron chi connectivity index (χ0n) is 13.6. The molecule has 0 aliphatic heterocycles. The zero-order valence-corrected chi connectivity index (χ0v) is 13.6. The van der Waals surface area contributed by atoms with E-state index in [1.165, 1.54) is 6.07 Å². The standard InChI is InChI=1S/C19H22FN3O/c20-18-9-2-1-6-16(18)14-23(17-7-3-8-17)19(24)22-12-10-15-5-4-11-21-13-15/h1-2,4-6,9,11,13,17H,3,7-8,10,12,14H2,(H,22,24). The second-order valence-corrected chi connectivity index (χ2v) is 6.15. The summed E-state index contributed by atoms with van der Waals surface area (Å²) in [5, 5.41) is 2.96. The van der Waals surface area contributed by atoms with E-state index in [1.54, 1.807) is 35.5 Å². The van der Waals surface area contributed by atoms with Crippen molar-refractivity contribution in [3.63, 3.8) is 0 Å². The molecule has 0 atom stereocenters. The van der Waals surface area contributed by atoms with Crippen molar-refractivity contribution in [2.24, 2.45) is 0 Å². The Morgan fingerprint density at radius 1 is 1.25 bits per heavy atom. The van der Waals surface area contributed by atoms with E-state index >= 15 is 0 Å². The number of nitrogens with one attached hydrogen (secondary N) is 1. The van der Waals surface area contributed by atoms with Crippen LogP contribution < -0.4 is 5.32 Å². The predicted octanol–water partition coefficient (Wildman–Crippen LogP) is 3.53. The van der Waals surface area contributed by atoms with Crippen molar-refractivity contribution in [1.82, 2.24) is 15.2 Å². The number of aromatic nitrogens is 1. The van der Waals surface area contributed by atoms with Crippen LogP contribution in [-0.2, 0) is 13.0 Å². The average molecular weight is 327 g/mol. The number of pyridine rings is 1. The van der Waals surface area contributed by atoms with Crippen LogP contribution in [-0.4, -0.2) is 28.5 Å². The molecule has 1 N–H and O–H groups in total. The Balaban J connectivity index is 1.58. The van der Waals surface area contributed by atoms with Gasteiger partial charge in [-0.1, -0.05) is 24.3 Å². The Hall–Kier alpha value is -2.43. The minimum atomic E-state index is -0.259. The lowest BCUT2D eigenvalue weighted by molar-refractivity contribution is 0.132. The molecule has 1 fully saturated rings. The molecule has 0 saturated heterocycles. The number of carbonyl (C=O) groups is 1. The van der Waals surface area contributed by atoms with Gasteiger partial charge in [0, 0.05) is 30.5 Å². The van der Waals surface area contributed by atoms with Crippen molar-refractivity contribution in [2.75, 3.05) is 6.54 Å². The topological polar surface area (TPSA) is 45.2 Å². The lowest BCUT2D eigenvalue weighted by atomic mass is 9.91. The van der Waals surface area contributed by atoms with Crippen LogP contribution in [0.1, 0.15) is 30.4 Å². The van der Waals surface area contributed by atoms with E-state index < -0.39 is 0 Å². The predicted molar refractivity (Wildman–Crippen MR) is 90.9 cm³/mol. The van der Waals surface area contributed by atoms with Crippen LogP contribution in [0.3, 0.4) is 0 Å². The van der Waals surface area contributed by atoms with Crippen LogP contribution in [0.15, 0.2) is 48.8 Å². The first-order valence-corrected chi connectivity index (χ1v) is 8.41. The molecule has 1 heterocycles. The molecule has 1 aliphatic rings. The third kappa shape index (κ3) is 4.10. The molecule has 1 aliphatic carbocycles. The maximum atomic E-state index is 13.9. The van der Waals surface area contributed by atoms with Gasteiger partial charge >= 0.3 is 6.03 Å². The summed E-state index contributed by atoms with van der Waals surface area (Å²) in [6.07, 6.45) is 7.37. The van der Waals surface area contributed by atoms with Crippen molar-refractivity contribution in [2.45, 2.75) is 38.3 Å². The van der Waals surface area contributed by atoms with E-state index in [4.69, 9.17) is 0 Å². The molecule has 4 nitrogen and oxygen atoms in total. The molecule has 2 aromatic rings. The molecule has 0 spiro atoms. The van der Waals surface area contributed by atoms with Crippen LogP contribution in [0.4, 0.5) is 9.18 Å². The SMILES string of the molecule is O=C(NCCc1cccnc1)N(Cc1ccccc1F)C1CCC1. The van der Waals surface area contributed by atoms with Gasteiger partial charge in [-0.25, -0.2) is 9.18 Å². The van der Waals surface area contributed by atoms with Crippen molar-refractivity contribution >= 4 is 6.03 Å². The lowest BCUT2D eigenvalue weighted by Crippen LogP contribution is -2.49. The fraction of sp³-hybridized carbons (Fsp3) is 0.368. The molecule has 5 heteroatoms. The van der Waals surface area contributed by atoms with Gasteiger partial charge in [0.2, 0.25) is 0 Å². The first kappa shape index (κ1) is 16.4. The highest BCUT2D eigenvalue weighted by atomic mass is 19.1. The molecule has 0 unspecified atom stereocenters. The highest BCUT2D eigenvalue weighted by Gasteiger charge is 2.29. The summed E-state index contributed by atoms with van der Waals surface area (Å²) >= 11 is 0. The van der Waals surface area contributed by atoms with Crippen LogP contribution in [0.25, 0.3) is 0 Å². The number of hydrogen-bond donors (Lipinski definition) is 1. The molecule has 2 amide bonds. The minimum Gasteiger partial charge on any atom is -0.338 e. The highest BCUT2D eigenvalue weighted by molar-refractivity contribution is 5.74. The van der Waals surface area contributed by atoms with Crippen molar-refractivity contribution in [1.29, 1.82) is 0 Å². The van der Waals surface area contributed by atoms with Crippen molar-refractivity contribution in [3.8, 4) is 0 Å². The largest absolute Gasteiger partial charge is 0.338 e. The van der Waals surface area contributed by atoms with E-state index in [0.717, 1.165) is 31.2 Å². The van der Waals surface area contributed by atoms with Crippen LogP contribution in [0.2, 0.25) is 0 Å². The summed E-state index contributed by atoms with van der Waals surface area (Å²) in [6, 6.07) is 10.6. The lowest BCUT2D eigenvalue weighted by Gasteiger charge is -2.37. The van der Waals surface area contributed by atoms with E-state index in [2.05, 4.69) is 10.3 Å². The van der Waals surface area contributed by atoms with Gasteiger partial charge in [-0.15, -0.1) is 0 Å². The molecule has 3 rings (SSSR count). The zero-order chi connectivity index (χ0) is 16.8. The summed E-state index contributed by atoms with van der Waals surface area (Å²) < 4.78 is 13.9. The molecule has 0 bridgehead atoms. The maximum absolute atomic E-state index is 13.9. The molecule has 1 saturated carbocycles. The normalized spacial score (nSPS) is 14.0. The van der Waals surface area contributed by atoms with Gasteiger partial charge in [0.1, 0.15) is 5.82 Å². The third-order valence-electron chi connectivity index (χ3n) is 4.49. The highest BCUT2D eigenvalue weighted by Crippen LogP contribution is 2.26. The van der Waals surface area contributed by atoms with E-state index in [1.807, 2.05) is 12.1 Å². The van der Waals surface area contributed by atoms with Gasteiger partial charge in [0.05, 0.1) is 6.54 Å². The van der Waals surface area contributed by atoms with Gasteiger partial charge in [0.25, 0.3) is 0 Å². The van der Waals surface area contributed by atoms with E-state index in [-0.39, 0.29) is 17.9 Å². The Bertz CT molecular complexity index is 673. The molecular formula is C19H22FN3O. The summed E-state index contributed by atoms with van der Waals surface area (Å²) in [7, 11) is 0. The smallest absolute Gasteiger partial charge is 0.317 e. The number of nitrogens with zero attached hydrogens (tertiary/aromatic N) is 2. The van der Waals surface area contributed by atoms with Gasteiger partial charge in [-0.3, -0.25) is 4.98 Å². The number of benzene rings is 1. The Labute approximate surface area is 141 Å². The summed E-state index contributed by atoms with van der Waals surface area (Å²) in [5.74, 6) is -0.259. The van der Waals surface area contributed by atoms with Crippen molar-refractivity contribution < 1.29 is 9.18 Å². The molecule has 1 aromatic carbocycles. The second-order valence-electron chi connectivity index (χ2n) is 6.15. The number of amides is 2. The van der Waals surface area contributed by atoms with Gasteiger partial charge in [-0.05, 0) is 43.4 Å². The fourth-order valence-electron chi connectivity index (χ4n) is 2.84. The first-order chi connectivity index (χ1) is 11.7. The number of rotatable bonds is 6. The minimum absolute atomic E-state index is 0.119. The molecule has 126 valence electrons. The Morgan fingerprint density at radius 3 is 2.75 bits per heavy atom. The summed E-state index contributed by atoms with van der Waals surface area (Å²) in [5.41, 5.74) is 1.65. The first-order valence-electron chi connectivity index (χ1n) is 8.41. The Kier molecular flexibility index (Phi) is 5.41. The maximum Gasteiger partial charge on any atom is 0.317 e. The number of halogens is 1. The summed E-state index contributed by atoms with van der Waals surface area (Å²) in [6.45, 7) is 0.862. The third-order valence-corrected chi connectivity index (χ3v) is 4.49. The number of hydrogen-bond acceptors (Lipinski definition) is 2. The number of urea groups is 1. The van der Waals surface area contributed by atoms with Gasteiger partial charge in [-0.2, -0.15) is 0 Å². The summed E-state index contributed by atoms with van der Waals surface area (Å²) in [4.78, 5) is 18.4. The van der Waals surface area contributed by atoms with Crippen molar-refractivity contribution in [3.05, 3.63) is 65.7 Å². The average Bonchev–Trinajstić information content (AvgIpc) is 2.55. The molecular weight excluding hydrogens is 305 g/mol. The monoisotopic (exact) mass is 327 g/mol. The van der Waals surface area contributed by atoms with E-state index in [0.29, 0.717) is 18.7 Å². The number of carbonyl (C=O) groups excluding carboxylic acids is 1. The Morgan fingerprint density at radius 2 is 2.08 bits per heavy atom.